The summed E-state index contributed by atoms with van der Waals surface area (Å²) in [7, 11) is 0. The van der Waals surface area contributed by atoms with Gasteiger partial charge in [0.1, 0.15) is 11.6 Å². The molecule has 22 heavy (non-hydrogen) atoms. The summed E-state index contributed by atoms with van der Waals surface area (Å²) in [4.78, 5) is 14.3. The number of carbonyl (C=O) groups excluding carboxylic acids is 1. The van der Waals surface area contributed by atoms with Crippen molar-refractivity contribution in [2.45, 2.75) is 52.5 Å². The van der Waals surface area contributed by atoms with Crippen LogP contribution in [0, 0.1) is 22.2 Å². The van der Waals surface area contributed by atoms with E-state index in [-0.39, 0.29) is 11.5 Å². The summed E-state index contributed by atoms with van der Waals surface area (Å²) in [5.74, 6) is 0.214. The van der Waals surface area contributed by atoms with E-state index >= 15 is 0 Å². The molecule has 5 heteroatoms. The summed E-state index contributed by atoms with van der Waals surface area (Å²) in [5, 5.41) is 12.0. The fourth-order valence-electron chi connectivity index (χ4n) is 4.32. The lowest BCUT2D eigenvalue weighted by molar-refractivity contribution is -0.117. The number of halogens is 1. The SMILES string of the molecule is CC1(C)CC2CC(C)(CN2/C=C(/C#N)C(=O)NCCCCl)C1. The maximum atomic E-state index is 12.1. The molecular formula is C17H26ClN3O. The van der Waals surface area contributed by atoms with E-state index in [1.54, 1.807) is 6.20 Å². The number of nitrogens with one attached hydrogen (secondary N) is 1. The zero-order chi connectivity index (χ0) is 16.4. The Morgan fingerprint density at radius 1 is 1.45 bits per heavy atom. The average molecular weight is 324 g/mol. The van der Waals surface area contributed by atoms with Gasteiger partial charge < -0.3 is 10.2 Å². The van der Waals surface area contributed by atoms with Crippen LogP contribution in [0.2, 0.25) is 0 Å². The molecule has 1 N–H and O–H groups in total. The largest absolute Gasteiger partial charge is 0.373 e. The van der Waals surface area contributed by atoms with Gasteiger partial charge in [-0.1, -0.05) is 20.8 Å². The molecule has 1 aliphatic carbocycles. The van der Waals surface area contributed by atoms with Gasteiger partial charge in [-0.15, -0.1) is 11.6 Å². The number of hydrogen-bond donors (Lipinski definition) is 1. The average Bonchev–Trinajstić information content (AvgIpc) is 2.64. The van der Waals surface area contributed by atoms with Crippen LogP contribution in [-0.4, -0.2) is 35.8 Å². The Morgan fingerprint density at radius 3 is 2.82 bits per heavy atom. The van der Waals surface area contributed by atoms with Gasteiger partial charge in [-0.25, -0.2) is 0 Å². The molecular weight excluding hydrogens is 298 g/mol. The predicted octanol–water partition coefficient (Wildman–Crippen LogP) is 3.04. The second-order valence-electron chi connectivity index (χ2n) is 7.84. The number of fused-ring (bicyclic) bond motifs is 2. The van der Waals surface area contributed by atoms with Gasteiger partial charge in [-0.05, 0) is 36.5 Å². The van der Waals surface area contributed by atoms with Crippen molar-refractivity contribution >= 4 is 17.5 Å². The van der Waals surface area contributed by atoms with Gasteiger partial charge in [0, 0.05) is 31.2 Å². The third kappa shape index (κ3) is 3.95. The Hall–Kier alpha value is -1.21. The molecule has 2 aliphatic rings. The first kappa shape index (κ1) is 17.1. The summed E-state index contributed by atoms with van der Waals surface area (Å²) in [6.45, 7) is 8.39. The number of amides is 1. The molecule has 0 aromatic rings. The van der Waals surface area contributed by atoms with Crippen LogP contribution >= 0.6 is 11.6 Å². The molecule has 1 saturated heterocycles. The highest BCUT2D eigenvalue weighted by atomic mass is 35.5. The van der Waals surface area contributed by atoms with Crippen molar-refractivity contribution in [3.05, 3.63) is 11.8 Å². The fraction of sp³-hybridized carbons (Fsp3) is 0.765. The number of likely N-dealkylation sites (tertiary alicyclic amines) is 1. The minimum atomic E-state index is -0.293. The van der Waals surface area contributed by atoms with Crippen LogP contribution in [0.15, 0.2) is 11.8 Å². The lowest BCUT2D eigenvalue weighted by Gasteiger charge is -2.39. The maximum Gasteiger partial charge on any atom is 0.263 e. The van der Waals surface area contributed by atoms with E-state index in [1.165, 1.54) is 6.42 Å². The van der Waals surface area contributed by atoms with Gasteiger partial charge in [0.05, 0.1) is 0 Å². The fourth-order valence-corrected chi connectivity index (χ4v) is 4.46. The molecule has 2 rings (SSSR count). The number of nitriles is 1. The third-order valence-corrected chi connectivity index (χ3v) is 4.98. The lowest BCUT2D eigenvalue weighted by Crippen LogP contribution is -2.34. The van der Waals surface area contributed by atoms with Crippen LogP contribution in [0.5, 0.6) is 0 Å². The Morgan fingerprint density at radius 2 is 2.18 bits per heavy atom. The van der Waals surface area contributed by atoms with Crippen molar-refractivity contribution < 1.29 is 4.79 Å². The molecule has 2 unspecified atom stereocenters. The number of carbonyl (C=O) groups is 1. The van der Waals surface area contributed by atoms with Crippen LogP contribution in [0.3, 0.4) is 0 Å². The van der Waals surface area contributed by atoms with E-state index in [9.17, 15) is 10.1 Å². The van der Waals surface area contributed by atoms with Crippen LogP contribution in [0.25, 0.3) is 0 Å². The van der Waals surface area contributed by atoms with E-state index in [0.717, 1.165) is 19.4 Å². The van der Waals surface area contributed by atoms with Gasteiger partial charge in [0.2, 0.25) is 0 Å². The first-order valence-electron chi connectivity index (χ1n) is 8.00. The van der Waals surface area contributed by atoms with Gasteiger partial charge >= 0.3 is 0 Å². The Bertz CT molecular complexity index is 509. The molecule has 2 fully saturated rings. The molecule has 1 aliphatic heterocycles. The van der Waals surface area contributed by atoms with E-state index in [2.05, 4.69) is 31.0 Å². The zero-order valence-corrected chi connectivity index (χ0v) is 14.5. The van der Waals surface area contributed by atoms with Crippen LogP contribution in [0.4, 0.5) is 0 Å². The molecule has 1 heterocycles. The molecule has 2 atom stereocenters. The minimum Gasteiger partial charge on any atom is -0.373 e. The molecule has 1 amide bonds. The van der Waals surface area contributed by atoms with Crippen molar-refractivity contribution in [3.8, 4) is 6.07 Å². The van der Waals surface area contributed by atoms with Crippen molar-refractivity contribution in [2.24, 2.45) is 10.8 Å². The first-order chi connectivity index (χ1) is 10.3. The summed E-state index contributed by atoms with van der Waals surface area (Å²) in [6, 6.07) is 2.48. The van der Waals surface area contributed by atoms with E-state index < -0.39 is 0 Å². The van der Waals surface area contributed by atoms with Crippen LogP contribution in [0.1, 0.15) is 46.5 Å². The van der Waals surface area contributed by atoms with Crippen molar-refractivity contribution in [3.63, 3.8) is 0 Å². The Kier molecular flexibility index (Phi) is 5.07. The molecule has 1 saturated carbocycles. The van der Waals surface area contributed by atoms with Crippen molar-refractivity contribution in [2.75, 3.05) is 19.0 Å². The molecule has 0 aromatic heterocycles. The number of nitrogens with zero attached hydrogens (tertiary/aromatic N) is 2. The molecule has 122 valence electrons. The number of rotatable bonds is 5. The van der Waals surface area contributed by atoms with Gasteiger partial charge in [-0.2, -0.15) is 5.26 Å². The standard InChI is InChI=1S/C17H26ClN3O/c1-16(2)7-14-8-17(3,11-16)12-21(14)10-13(9-19)15(22)20-6-4-5-18/h10,14H,4-8,11-12H2,1-3H3,(H,20,22)/b13-10-. The minimum absolute atomic E-state index is 0.198. The van der Waals surface area contributed by atoms with E-state index in [4.69, 9.17) is 11.6 Å². The molecule has 2 bridgehead atoms. The van der Waals surface area contributed by atoms with Gasteiger partial charge in [0.25, 0.3) is 5.91 Å². The molecule has 4 nitrogen and oxygen atoms in total. The second-order valence-corrected chi connectivity index (χ2v) is 8.22. The van der Waals surface area contributed by atoms with Crippen LogP contribution in [-0.2, 0) is 4.79 Å². The first-order valence-corrected chi connectivity index (χ1v) is 8.54. The summed E-state index contributed by atoms with van der Waals surface area (Å²) >= 11 is 5.60. The second kappa shape index (κ2) is 6.50. The number of hydrogen-bond acceptors (Lipinski definition) is 3. The van der Waals surface area contributed by atoms with Crippen LogP contribution < -0.4 is 5.32 Å². The summed E-state index contributed by atoms with van der Waals surface area (Å²) < 4.78 is 0. The third-order valence-electron chi connectivity index (χ3n) is 4.71. The normalized spacial score (nSPS) is 30.0. The van der Waals surface area contributed by atoms with Gasteiger partial charge in [-0.3, -0.25) is 4.79 Å². The summed E-state index contributed by atoms with van der Waals surface area (Å²) in [5.41, 5.74) is 0.817. The summed E-state index contributed by atoms with van der Waals surface area (Å²) in [6.07, 6.45) is 5.95. The lowest BCUT2D eigenvalue weighted by atomic mass is 9.65. The molecule has 0 radical (unpaired) electrons. The molecule has 0 aromatic carbocycles. The van der Waals surface area contributed by atoms with Gasteiger partial charge in [0.15, 0.2) is 0 Å². The highest BCUT2D eigenvalue weighted by Gasteiger charge is 2.48. The van der Waals surface area contributed by atoms with E-state index in [1.807, 2.05) is 6.07 Å². The quantitative estimate of drug-likeness (QED) is 0.366. The Labute approximate surface area is 138 Å². The topological polar surface area (TPSA) is 56.1 Å². The van der Waals surface area contributed by atoms with E-state index in [0.29, 0.717) is 35.7 Å². The monoisotopic (exact) mass is 323 g/mol. The predicted molar refractivity (Wildman–Crippen MR) is 88.3 cm³/mol. The highest BCUT2D eigenvalue weighted by molar-refractivity contribution is 6.17. The smallest absolute Gasteiger partial charge is 0.263 e. The van der Waals surface area contributed by atoms with Crippen molar-refractivity contribution in [1.82, 2.24) is 10.2 Å². The highest BCUT2D eigenvalue weighted by Crippen LogP contribution is 2.52. The Balaban J connectivity index is 2.08. The van der Waals surface area contributed by atoms with Crippen molar-refractivity contribution in [1.29, 1.82) is 5.26 Å². The molecule has 0 spiro atoms. The zero-order valence-electron chi connectivity index (χ0n) is 13.8. The maximum absolute atomic E-state index is 12.1. The number of alkyl halides is 1.